The van der Waals surface area contributed by atoms with Gasteiger partial charge in [-0.25, -0.2) is 4.79 Å². The van der Waals surface area contributed by atoms with Crippen LogP contribution in [0.5, 0.6) is 0 Å². The molecule has 0 aromatic carbocycles. The van der Waals surface area contributed by atoms with Crippen molar-refractivity contribution in [3.63, 3.8) is 0 Å². The summed E-state index contributed by atoms with van der Waals surface area (Å²) >= 11 is 0. The van der Waals surface area contributed by atoms with Crippen molar-refractivity contribution >= 4 is 5.97 Å². The van der Waals surface area contributed by atoms with Gasteiger partial charge in [-0.15, -0.1) is 0 Å². The van der Waals surface area contributed by atoms with Gasteiger partial charge in [-0.1, -0.05) is 264 Å². The Hall–Kier alpha value is -0.830. The Kier molecular flexibility index (Phi) is 51.6. The Morgan fingerprint density at radius 3 is 0.640 bits per heavy atom. The van der Waals surface area contributed by atoms with Crippen molar-refractivity contribution in [3.05, 3.63) is 12.7 Å². The Bertz CT molecular complexity index is 561. The largest absolute Gasteiger partial charge is 0.478 e. The highest BCUT2D eigenvalue weighted by Crippen LogP contribution is 2.16. The number of carbonyl (C=O) groups is 1. The molecular formula is C47H94O3. The molecule has 3 nitrogen and oxygen atoms in total. The van der Waals surface area contributed by atoms with E-state index >= 15 is 0 Å². The lowest BCUT2D eigenvalue weighted by Crippen LogP contribution is -1.97. The summed E-state index contributed by atoms with van der Waals surface area (Å²) < 4.78 is 5.91. The zero-order valence-electron chi connectivity index (χ0n) is 34.7. The molecule has 0 spiro atoms. The maximum atomic E-state index is 9.25. The maximum absolute atomic E-state index is 9.25. The fourth-order valence-electron chi connectivity index (χ4n) is 7.02. The first kappa shape index (κ1) is 51.3. The van der Waals surface area contributed by atoms with E-state index in [0.29, 0.717) is 0 Å². The second-order valence-corrected chi connectivity index (χ2v) is 15.6. The monoisotopic (exact) mass is 707 g/mol. The average molecular weight is 707 g/mol. The summed E-state index contributed by atoms with van der Waals surface area (Å²) in [5.74, 6) is -0.981. The molecule has 0 aliphatic heterocycles. The lowest BCUT2D eigenvalue weighted by molar-refractivity contribution is -0.131. The van der Waals surface area contributed by atoms with E-state index < -0.39 is 5.97 Å². The van der Waals surface area contributed by atoms with E-state index in [2.05, 4.69) is 20.4 Å². The smallest absolute Gasteiger partial charge is 0.327 e. The lowest BCUT2D eigenvalue weighted by atomic mass is 10.0. The molecule has 50 heavy (non-hydrogen) atoms. The van der Waals surface area contributed by atoms with Gasteiger partial charge in [0.25, 0.3) is 0 Å². The molecule has 0 aliphatic carbocycles. The zero-order valence-corrected chi connectivity index (χ0v) is 34.7. The van der Waals surface area contributed by atoms with Crippen LogP contribution in [0, 0.1) is 0 Å². The van der Waals surface area contributed by atoms with Gasteiger partial charge in [-0.05, 0) is 12.8 Å². The number of unbranched alkanes of at least 4 members (excludes halogenated alkanes) is 38. The van der Waals surface area contributed by atoms with Crippen molar-refractivity contribution < 1.29 is 14.6 Å². The molecule has 0 amide bonds. The minimum absolute atomic E-state index is 0.833. The number of carboxylic acid groups (broad SMARTS) is 1. The van der Waals surface area contributed by atoms with Crippen LogP contribution in [0.25, 0.3) is 0 Å². The molecule has 0 unspecified atom stereocenters. The van der Waals surface area contributed by atoms with E-state index in [1.54, 1.807) is 0 Å². The first-order chi connectivity index (χ1) is 24.7. The molecule has 0 rings (SSSR count). The van der Waals surface area contributed by atoms with Gasteiger partial charge in [0.2, 0.25) is 0 Å². The number of aliphatic carboxylic acids is 1. The number of hydrogen-bond acceptors (Lipinski definition) is 2. The zero-order chi connectivity index (χ0) is 36.7. The van der Waals surface area contributed by atoms with Gasteiger partial charge in [0.15, 0.2) is 0 Å². The number of ether oxygens (including phenoxy) is 1. The highest BCUT2D eigenvalue weighted by molar-refractivity contribution is 5.78. The van der Waals surface area contributed by atoms with E-state index in [1.807, 2.05) is 0 Å². The van der Waals surface area contributed by atoms with E-state index in [0.717, 1.165) is 19.3 Å². The molecule has 0 atom stereocenters. The van der Waals surface area contributed by atoms with Crippen molar-refractivity contribution in [2.45, 2.75) is 271 Å². The summed E-state index contributed by atoms with van der Waals surface area (Å²) in [6, 6.07) is 0. The van der Waals surface area contributed by atoms with E-state index in [4.69, 9.17) is 9.84 Å². The van der Waals surface area contributed by atoms with E-state index in [9.17, 15) is 4.79 Å². The van der Waals surface area contributed by atoms with Crippen LogP contribution in [0.3, 0.4) is 0 Å². The molecule has 0 aromatic rings. The van der Waals surface area contributed by atoms with Crippen molar-refractivity contribution in [1.29, 1.82) is 0 Å². The molecule has 0 bridgehead atoms. The van der Waals surface area contributed by atoms with Crippen molar-refractivity contribution in [2.24, 2.45) is 0 Å². The number of hydrogen-bond donors (Lipinski definition) is 1. The third kappa shape index (κ3) is 54.0. The van der Waals surface area contributed by atoms with Crippen LogP contribution >= 0.6 is 0 Å². The molecular weight excluding hydrogens is 613 g/mol. The summed E-state index contributed by atoms with van der Waals surface area (Å²) in [6.45, 7) is 9.57. The predicted octanol–water partition coefficient (Wildman–Crippen LogP) is 16.9. The van der Waals surface area contributed by atoms with Crippen LogP contribution in [-0.4, -0.2) is 24.3 Å². The summed E-state index contributed by atoms with van der Waals surface area (Å²) in [5, 5.41) is 7.60. The van der Waals surface area contributed by atoms with Crippen molar-refractivity contribution in [3.8, 4) is 0 Å². The Morgan fingerprint density at radius 2 is 0.500 bits per heavy atom. The third-order valence-electron chi connectivity index (χ3n) is 10.5. The Labute approximate surface area is 316 Å². The maximum Gasteiger partial charge on any atom is 0.327 e. The lowest BCUT2D eigenvalue weighted by Gasteiger charge is -2.06. The Morgan fingerprint density at radius 1 is 0.360 bits per heavy atom. The van der Waals surface area contributed by atoms with Gasteiger partial charge in [-0.3, -0.25) is 0 Å². The standard InChI is InChI=1S/C44H90O.C3H4O2/c1-3-5-7-9-11-13-15-17-19-21-23-25-27-29-31-33-35-37-39-41-43-45-44-42-40-38-36-34-32-30-28-26-24-22-20-18-16-14-12-10-8-6-4-2;1-2-3(4)5/h3-44H2,1-2H3;2H,1H2,(H,4,5). The van der Waals surface area contributed by atoms with Crippen LogP contribution in [0.15, 0.2) is 12.7 Å². The summed E-state index contributed by atoms with van der Waals surface area (Å²) in [7, 11) is 0. The predicted molar refractivity (Wildman–Crippen MR) is 225 cm³/mol. The van der Waals surface area contributed by atoms with Gasteiger partial charge in [0.1, 0.15) is 0 Å². The van der Waals surface area contributed by atoms with Crippen LogP contribution in [0.2, 0.25) is 0 Å². The molecule has 0 aromatic heterocycles. The summed E-state index contributed by atoms with van der Waals surface area (Å²) in [6.07, 6.45) is 58.8. The van der Waals surface area contributed by atoms with Crippen LogP contribution in [-0.2, 0) is 9.53 Å². The Balaban J connectivity index is 0. The quantitative estimate of drug-likeness (QED) is 0.0507. The second-order valence-electron chi connectivity index (χ2n) is 15.6. The van der Waals surface area contributed by atoms with Crippen molar-refractivity contribution in [1.82, 2.24) is 0 Å². The first-order valence-electron chi connectivity index (χ1n) is 23.1. The minimum atomic E-state index is -0.981. The van der Waals surface area contributed by atoms with Gasteiger partial charge < -0.3 is 9.84 Å². The van der Waals surface area contributed by atoms with Crippen LogP contribution < -0.4 is 0 Å². The second kappa shape index (κ2) is 50.3. The molecule has 3 heteroatoms. The van der Waals surface area contributed by atoms with Crippen molar-refractivity contribution in [2.75, 3.05) is 13.2 Å². The van der Waals surface area contributed by atoms with Crippen LogP contribution in [0.1, 0.15) is 271 Å². The third-order valence-corrected chi connectivity index (χ3v) is 10.5. The topological polar surface area (TPSA) is 46.5 Å². The van der Waals surface area contributed by atoms with Gasteiger partial charge in [0.05, 0.1) is 0 Å². The highest BCUT2D eigenvalue weighted by atomic mass is 16.5. The summed E-state index contributed by atoms with van der Waals surface area (Å²) in [4.78, 5) is 9.25. The first-order valence-corrected chi connectivity index (χ1v) is 23.1. The number of rotatable bonds is 43. The molecule has 0 radical (unpaired) electrons. The highest BCUT2D eigenvalue weighted by Gasteiger charge is 1.98. The fourth-order valence-corrected chi connectivity index (χ4v) is 7.02. The van der Waals surface area contributed by atoms with Gasteiger partial charge in [-0.2, -0.15) is 0 Å². The molecule has 0 aliphatic rings. The molecule has 0 saturated heterocycles. The molecule has 1 N–H and O–H groups in total. The molecule has 300 valence electrons. The summed E-state index contributed by atoms with van der Waals surface area (Å²) in [5.41, 5.74) is 0. The SMILES string of the molecule is C=CC(=O)O.CCCCCCCCCCCCCCCCCCCCCCOCCCCCCCCCCCCCCCCCCCCCC. The number of carboxylic acids is 1. The fraction of sp³-hybridized carbons (Fsp3) is 0.936. The van der Waals surface area contributed by atoms with E-state index in [1.165, 1.54) is 257 Å². The normalized spacial score (nSPS) is 11.1. The van der Waals surface area contributed by atoms with E-state index in [-0.39, 0.29) is 0 Å². The minimum Gasteiger partial charge on any atom is -0.478 e. The van der Waals surface area contributed by atoms with Gasteiger partial charge in [0, 0.05) is 19.3 Å². The molecule has 0 saturated carbocycles. The molecule has 0 heterocycles. The van der Waals surface area contributed by atoms with Gasteiger partial charge >= 0.3 is 5.97 Å². The molecule has 0 fully saturated rings. The van der Waals surface area contributed by atoms with Crippen LogP contribution in [0.4, 0.5) is 0 Å². The average Bonchev–Trinajstić information content (AvgIpc) is 3.12.